The highest BCUT2D eigenvalue weighted by Gasteiger charge is 2.43. The molecule has 1 aromatic heterocycles. The SMILES string of the molecule is O=C1c2ccccc2S(=O)(=O)N1CS(=O)(=O)Nc1cccnc1. The van der Waals surface area contributed by atoms with Crippen molar-refractivity contribution >= 4 is 31.6 Å². The maximum Gasteiger partial charge on any atom is 0.270 e. The molecule has 0 fully saturated rings. The first kappa shape index (κ1) is 15.4. The Morgan fingerprint density at radius 3 is 2.52 bits per heavy atom. The van der Waals surface area contributed by atoms with Crippen molar-refractivity contribution in [3.8, 4) is 0 Å². The van der Waals surface area contributed by atoms with Crippen LogP contribution < -0.4 is 4.72 Å². The average Bonchev–Trinajstić information content (AvgIpc) is 2.69. The molecule has 0 saturated carbocycles. The number of aromatic nitrogens is 1. The number of nitrogens with zero attached hydrogens (tertiary/aromatic N) is 2. The second kappa shape index (κ2) is 5.32. The number of fused-ring (bicyclic) bond motifs is 1. The molecular formula is C13H11N3O5S2. The molecule has 0 saturated heterocycles. The molecule has 0 unspecified atom stereocenters. The van der Waals surface area contributed by atoms with Gasteiger partial charge in [0.1, 0.15) is 4.90 Å². The van der Waals surface area contributed by atoms with E-state index in [1.165, 1.54) is 48.8 Å². The summed E-state index contributed by atoms with van der Waals surface area (Å²) in [5.41, 5.74) is 0.137. The van der Waals surface area contributed by atoms with Gasteiger partial charge in [0.05, 0.1) is 17.4 Å². The lowest BCUT2D eigenvalue weighted by Crippen LogP contribution is -2.37. The second-order valence-electron chi connectivity index (χ2n) is 4.74. The van der Waals surface area contributed by atoms with Gasteiger partial charge in [-0.3, -0.25) is 14.5 Å². The minimum absolute atomic E-state index is 0.0379. The predicted molar refractivity (Wildman–Crippen MR) is 81.4 cm³/mol. The number of rotatable bonds is 4. The maximum absolute atomic E-state index is 12.3. The van der Waals surface area contributed by atoms with Crippen molar-refractivity contribution < 1.29 is 21.6 Å². The Balaban J connectivity index is 1.91. The van der Waals surface area contributed by atoms with Gasteiger partial charge in [-0.15, -0.1) is 0 Å². The van der Waals surface area contributed by atoms with Crippen molar-refractivity contribution in [2.24, 2.45) is 0 Å². The van der Waals surface area contributed by atoms with Crippen molar-refractivity contribution in [2.45, 2.75) is 4.90 Å². The van der Waals surface area contributed by atoms with Crippen LogP contribution in [-0.4, -0.2) is 37.9 Å². The molecule has 0 radical (unpaired) electrons. The third-order valence-corrected chi connectivity index (χ3v) is 6.23. The average molecular weight is 353 g/mol. The van der Waals surface area contributed by atoms with Crippen molar-refractivity contribution in [3.63, 3.8) is 0 Å². The maximum atomic E-state index is 12.3. The van der Waals surface area contributed by atoms with Crippen LogP contribution in [0, 0.1) is 0 Å². The van der Waals surface area contributed by atoms with Gasteiger partial charge in [0.25, 0.3) is 26.0 Å². The first-order valence-electron chi connectivity index (χ1n) is 6.38. The Labute approximate surface area is 132 Å². The molecule has 10 heteroatoms. The fraction of sp³-hybridized carbons (Fsp3) is 0.0769. The summed E-state index contributed by atoms with van der Waals surface area (Å²) in [5, 5.41) is 0. The number of anilines is 1. The molecule has 120 valence electrons. The van der Waals surface area contributed by atoms with Crippen LogP contribution in [0.1, 0.15) is 10.4 Å². The molecule has 1 aliphatic rings. The van der Waals surface area contributed by atoms with Crippen LogP contribution in [0.2, 0.25) is 0 Å². The summed E-state index contributed by atoms with van der Waals surface area (Å²) in [6.45, 7) is 0. The van der Waals surface area contributed by atoms with Crippen LogP contribution in [0.4, 0.5) is 5.69 Å². The monoisotopic (exact) mass is 353 g/mol. The lowest BCUT2D eigenvalue weighted by molar-refractivity contribution is 0.0885. The fourth-order valence-electron chi connectivity index (χ4n) is 2.15. The molecule has 23 heavy (non-hydrogen) atoms. The molecule has 1 aliphatic heterocycles. The van der Waals surface area contributed by atoms with E-state index in [0.717, 1.165) is 0 Å². The normalized spacial score (nSPS) is 16.2. The topological polar surface area (TPSA) is 114 Å². The van der Waals surface area contributed by atoms with Crippen LogP contribution in [0.15, 0.2) is 53.7 Å². The minimum Gasteiger partial charge on any atom is -0.280 e. The molecule has 0 bridgehead atoms. The van der Waals surface area contributed by atoms with Gasteiger partial charge < -0.3 is 0 Å². The Bertz CT molecular complexity index is 972. The number of sulfonamides is 2. The van der Waals surface area contributed by atoms with Gasteiger partial charge in [-0.2, -0.15) is 0 Å². The third kappa shape index (κ3) is 2.78. The molecule has 0 spiro atoms. The molecule has 3 rings (SSSR count). The standard InChI is InChI=1S/C13H11N3O5S2/c17-13-11-5-1-2-6-12(11)23(20,21)16(13)9-22(18,19)15-10-4-3-7-14-8-10/h1-8,15H,9H2. The van der Waals surface area contributed by atoms with Crippen LogP contribution in [-0.2, 0) is 20.0 Å². The molecule has 1 N–H and O–H groups in total. The highest BCUT2D eigenvalue weighted by Crippen LogP contribution is 2.30. The summed E-state index contributed by atoms with van der Waals surface area (Å²) in [6.07, 6.45) is 2.73. The molecule has 2 aromatic rings. The van der Waals surface area contributed by atoms with E-state index in [-0.39, 0.29) is 16.1 Å². The summed E-state index contributed by atoms with van der Waals surface area (Å²) >= 11 is 0. The lowest BCUT2D eigenvalue weighted by Gasteiger charge is -2.16. The smallest absolute Gasteiger partial charge is 0.270 e. The van der Waals surface area contributed by atoms with Gasteiger partial charge in [-0.05, 0) is 24.3 Å². The van der Waals surface area contributed by atoms with E-state index in [2.05, 4.69) is 9.71 Å². The van der Waals surface area contributed by atoms with E-state index in [1.54, 1.807) is 0 Å². The van der Waals surface area contributed by atoms with Crippen molar-refractivity contribution in [1.82, 2.24) is 9.29 Å². The lowest BCUT2D eigenvalue weighted by atomic mass is 10.2. The Morgan fingerprint density at radius 2 is 1.87 bits per heavy atom. The quantitative estimate of drug-likeness (QED) is 0.862. The first-order chi connectivity index (χ1) is 10.8. The Kier molecular flexibility index (Phi) is 3.57. The van der Waals surface area contributed by atoms with Gasteiger partial charge >= 0.3 is 0 Å². The number of pyridine rings is 1. The Morgan fingerprint density at radius 1 is 1.13 bits per heavy atom. The zero-order valence-corrected chi connectivity index (χ0v) is 13.2. The van der Waals surface area contributed by atoms with E-state index >= 15 is 0 Å². The number of carbonyl (C=O) groups excluding carboxylic acids is 1. The first-order valence-corrected chi connectivity index (χ1v) is 9.47. The molecular weight excluding hydrogens is 342 g/mol. The van der Waals surface area contributed by atoms with E-state index < -0.39 is 31.8 Å². The molecule has 8 nitrogen and oxygen atoms in total. The van der Waals surface area contributed by atoms with E-state index in [0.29, 0.717) is 4.31 Å². The summed E-state index contributed by atoms with van der Waals surface area (Å²) in [4.78, 5) is 15.7. The van der Waals surface area contributed by atoms with Gasteiger partial charge in [-0.25, -0.2) is 21.1 Å². The van der Waals surface area contributed by atoms with Crippen LogP contribution in [0.5, 0.6) is 0 Å². The minimum atomic E-state index is -4.17. The number of hydrogen-bond acceptors (Lipinski definition) is 6. The Hall–Kier alpha value is -2.46. The molecule has 2 heterocycles. The van der Waals surface area contributed by atoms with E-state index in [9.17, 15) is 21.6 Å². The number of carbonyl (C=O) groups is 1. The molecule has 1 amide bonds. The van der Waals surface area contributed by atoms with Gasteiger partial charge in [0.15, 0.2) is 5.88 Å². The summed E-state index contributed by atoms with van der Waals surface area (Å²) in [5.74, 6) is -1.87. The summed E-state index contributed by atoms with van der Waals surface area (Å²) in [7, 11) is -8.28. The van der Waals surface area contributed by atoms with Crippen molar-refractivity contribution in [2.75, 3.05) is 10.6 Å². The van der Waals surface area contributed by atoms with Crippen LogP contribution >= 0.6 is 0 Å². The van der Waals surface area contributed by atoms with Crippen LogP contribution in [0.25, 0.3) is 0 Å². The number of benzene rings is 1. The molecule has 0 atom stereocenters. The highest BCUT2D eigenvalue weighted by molar-refractivity contribution is 7.95. The predicted octanol–water partition coefficient (Wildman–Crippen LogP) is 0.625. The van der Waals surface area contributed by atoms with E-state index in [4.69, 9.17) is 0 Å². The largest absolute Gasteiger partial charge is 0.280 e. The van der Waals surface area contributed by atoms with Gasteiger partial charge in [-0.1, -0.05) is 12.1 Å². The van der Waals surface area contributed by atoms with Crippen molar-refractivity contribution in [1.29, 1.82) is 0 Å². The number of nitrogens with one attached hydrogen (secondary N) is 1. The molecule has 1 aromatic carbocycles. The van der Waals surface area contributed by atoms with Gasteiger partial charge in [0, 0.05) is 6.20 Å². The van der Waals surface area contributed by atoms with E-state index in [1.807, 2.05) is 0 Å². The van der Waals surface area contributed by atoms with Crippen molar-refractivity contribution in [3.05, 3.63) is 54.4 Å². The summed E-state index contributed by atoms with van der Waals surface area (Å²) in [6, 6.07) is 8.57. The summed E-state index contributed by atoms with van der Waals surface area (Å²) < 4.78 is 51.5. The fourth-order valence-corrected chi connectivity index (χ4v) is 5.33. The zero-order valence-electron chi connectivity index (χ0n) is 11.6. The molecule has 0 aliphatic carbocycles. The number of hydrogen-bond donors (Lipinski definition) is 1. The third-order valence-electron chi connectivity index (χ3n) is 3.13. The van der Waals surface area contributed by atoms with Crippen LogP contribution in [0.3, 0.4) is 0 Å². The number of amides is 1. The second-order valence-corrected chi connectivity index (χ2v) is 8.27. The van der Waals surface area contributed by atoms with Gasteiger partial charge in [0.2, 0.25) is 0 Å². The highest BCUT2D eigenvalue weighted by atomic mass is 32.2. The zero-order chi connectivity index (χ0) is 16.7.